The molecule has 0 amide bonds. The minimum Gasteiger partial charge on any atom is -0.359 e. The molecule has 0 aliphatic heterocycles. The van der Waals surface area contributed by atoms with Gasteiger partial charge in [-0.1, -0.05) is 13.3 Å². The van der Waals surface area contributed by atoms with Gasteiger partial charge in [-0.05, 0) is 24.9 Å². The Labute approximate surface area is 107 Å². The first-order valence-electron chi connectivity index (χ1n) is 6.20. The molecule has 17 heavy (non-hydrogen) atoms. The average Bonchev–Trinajstić information content (AvgIpc) is 2.35. The van der Waals surface area contributed by atoms with Crippen LogP contribution in [0.1, 0.15) is 19.8 Å². The summed E-state index contributed by atoms with van der Waals surface area (Å²) < 4.78 is 20.4. The van der Waals surface area contributed by atoms with Crippen molar-refractivity contribution in [1.82, 2.24) is 0 Å². The summed E-state index contributed by atoms with van der Waals surface area (Å²) in [5.41, 5.74) is 0. The molecule has 0 radical (unpaired) electrons. The van der Waals surface area contributed by atoms with Crippen LogP contribution in [0.15, 0.2) is 0 Å². The van der Waals surface area contributed by atoms with E-state index in [4.69, 9.17) is 18.9 Å². The topological polar surface area (TPSA) is 36.9 Å². The first-order valence-corrected chi connectivity index (χ1v) is 8.10. The molecule has 0 unspecified atom stereocenters. The van der Waals surface area contributed by atoms with E-state index in [9.17, 15) is 0 Å². The van der Waals surface area contributed by atoms with Crippen LogP contribution >= 0.6 is 7.92 Å². The fraction of sp³-hybridized carbons (Fsp3) is 1.00. The van der Waals surface area contributed by atoms with Gasteiger partial charge in [0.1, 0.15) is 13.6 Å². The van der Waals surface area contributed by atoms with Gasteiger partial charge in [0.2, 0.25) is 0 Å². The molecule has 0 fully saturated rings. The zero-order valence-corrected chi connectivity index (χ0v) is 12.3. The number of rotatable bonds is 13. The summed E-state index contributed by atoms with van der Waals surface area (Å²) in [5.74, 6) is 0. The summed E-state index contributed by atoms with van der Waals surface area (Å²) in [6.07, 6.45) is 6.18. The lowest BCUT2D eigenvalue weighted by atomic mass is 10.4. The second kappa shape index (κ2) is 14.3. The predicted octanol–water partition coefficient (Wildman–Crippen LogP) is 2.51. The lowest BCUT2D eigenvalue weighted by Crippen LogP contribution is -2.08. The summed E-state index contributed by atoms with van der Waals surface area (Å²) in [7, 11) is 3.34. The van der Waals surface area contributed by atoms with Gasteiger partial charge in [0.15, 0.2) is 0 Å². The fourth-order valence-corrected chi connectivity index (χ4v) is 3.60. The SMILES string of the molecule is CCCCP(CCOCOC)CCOCOC. The van der Waals surface area contributed by atoms with Crippen molar-refractivity contribution in [2.75, 3.05) is 59.5 Å². The molecule has 0 aromatic heterocycles. The van der Waals surface area contributed by atoms with E-state index in [2.05, 4.69) is 6.92 Å². The predicted molar refractivity (Wildman–Crippen MR) is 72.1 cm³/mol. The Hall–Kier alpha value is 0.270. The molecular weight excluding hydrogens is 239 g/mol. The Morgan fingerprint density at radius 2 is 1.35 bits per heavy atom. The summed E-state index contributed by atoms with van der Waals surface area (Å²) in [5, 5.41) is 0. The normalized spacial score (nSPS) is 11.3. The highest BCUT2D eigenvalue weighted by molar-refractivity contribution is 7.57. The van der Waals surface area contributed by atoms with Crippen LogP contribution in [0, 0.1) is 0 Å². The highest BCUT2D eigenvalue weighted by Crippen LogP contribution is 2.35. The smallest absolute Gasteiger partial charge is 0.146 e. The molecule has 4 nitrogen and oxygen atoms in total. The van der Waals surface area contributed by atoms with Crippen molar-refractivity contribution < 1.29 is 18.9 Å². The van der Waals surface area contributed by atoms with E-state index in [1.54, 1.807) is 14.2 Å². The largest absolute Gasteiger partial charge is 0.359 e. The average molecular weight is 266 g/mol. The standard InChI is InChI=1S/C12H27O4P/c1-4-5-8-17(9-6-15-11-13-2)10-7-16-12-14-3/h4-12H2,1-3H3. The highest BCUT2D eigenvalue weighted by Gasteiger charge is 2.07. The maximum Gasteiger partial charge on any atom is 0.146 e. The molecule has 0 aromatic carbocycles. The number of methoxy groups -OCH3 is 2. The summed E-state index contributed by atoms with van der Waals surface area (Å²) in [4.78, 5) is 0. The van der Waals surface area contributed by atoms with Gasteiger partial charge >= 0.3 is 0 Å². The van der Waals surface area contributed by atoms with Gasteiger partial charge in [-0.3, -0.25) is 0 Å². The fourth-order valence-electron chi connectivity index (χ4n) is 1.39. The molecule has 0 atom stereocenters. The lowest BCUT2D eigenvalue weighted by molar-refractivity contribution is -0.0254. The van der Waals surface area contributed by atoms with E-state index in [0.29, 0.717) is 13.6 Å². The summed E-state index contributed by atoms with van der Waals surface area (Å²) in [6, 6.07) is 0. The van der Waals surface area contributed by atoms with Gasteiger partial charge in [0, 0.05) is 14.2 Å². The second-order valence-corrected chi connectivity index (χ2v) is 6.51. The van der Waals surface area contributed by atoms with Crippen molar-refractivity contribution in [3.8, 4) is 0 Å². The second-order valence-electron chi connectivity index (χ2n) is 3.82. The third kappa shape index (κ3) is 12.5. The third-order valence-electron chi connectivity index (χ3n) is 2.33. The lowest BCUT2D eigenvalue weighted by Gasteiger charge is -2.17. The number of unbranched alkanes of at least 4 members (excludes halogenated alkanes) is 1. The summed E-state index contributed by atoms with van der Waals surface area (Å²) in [6.45, 7) is 4.63. The van der Waals surface area contributed by atoms with Crippen molar-refractivity contribution in [1.29, 1.82) is 0 Å². The summed E-state index contributed by atoms with van der Waals surface area (Å²) >= 11 is 0. The van der Waals surface area contributed by atoms with Gasteiger partial charge < -0.3 is 18.9 Å². The maximum atomic E-state index is 5.35. The first-order chi connectivity index (χ1) is 8.35. The number of hydrogen-bond donors (Lipinski definition) is 0. The van der Waals surface area contributed by atoms with Crippen LogP contribution in [0.25, 0.3) is 0 Å². The maximum absolute atomic E-state index is 5.35. The molecule has 0 aliphatic carbocycles. The van der Waals surface area contributed by atoms with E-state index >= 15 is 0 Å². The Balaban J connectivity index is 3.56. The van der Waals surface area contributed by atoms with E-state index in [-0.39, 0.29) is 7.92 Å². The van der Waals surface area contributed by atoms with Crippen LogP contribution in [0.5, 0.6) is 0 Å². The quantitative estimate of drug-likeness (QED) is 0.291. The van der Waals surface area contributed by atoms with Crippen molar-refractivity contribution in [2.24, 2.45) is 0 Å². The minimum atomic E-state index is 0.0391. The molecule has 104 valence electrons. The Morgan fingerprint density at radius 1 is 0.824 bits per heavy atom. The van der Waals surface area contributed by atoms with E-state index < -0.39 is 0 Å². The minimum absolute atomic E-state index is 0.0391. The van der Waals surface area contributed by atoms with E-state index in [1.807, 2.05) is 0 Å². The van der Waals surface area contributed by atoms with Crippen LogP contribution in [0.3, 0.4) is 0 Å². The molecule has 0 aromatic rings. The molecule has 0 N–H and O–H groups in total. The monoisotopic (exact) mass is 266 g/mol. The molecular formula is C12H27O4P. The highest BCUT2D eigenvalue weighted by atomic mass is 31.1. The Morgan fingerprint density at radius 3 is 1.76 bits per heavy atom. The molecule has 0 bridgehead atoms. The third-order valence-corrected chi connectivity index (χ3v) is 4.91. The number of hydrogen-bond acceptors (Lipinski definition) is 4. The van der Waals surface area contributed by atoms with E-state index in [0.717, 1.165) is 25.5 Å². The van der Waals surface area contributed by atoms with Gasteiger partial charge in [0.25, 0.3) is 0 Å². The van der Waals surface area contributed by atoms with Crippen molar-refractivity contribution in [2.45, 2.75) is 19.8 Å². The molecule has 0 aliphatic rings. The number of ether oxygens (including phenoxy) is 4. The molecule has 0 saturated heterocycles. The van der Waals surface area contributed by atoms with Crippen molar-refractivity contribution in [3.63, 3.8) is 0 Å². The molecule has 0 saturated carbocycles. The Bertz CT molecular complexity index is 134. The molecule has 5 heteroatoms. The zero-order valence-electron chi connectivity index (χ0n) is 11.4. The van der Waals surface area contributed by atoms with Crippen LogP contribution < -0.4 is 0 Å². The van der Waals surface area contributed by atoms with Gasteiger partial charge in [0.05, 0.1) is 13.2 Å². The zero-order chi connectivity index (χ0) is 12.8. The van der Waals surface area contributed by atoms with Crippen LogP contribution in [0.2, 0.25) is 0 Å². The molecule has 0 spiro atoms. The molecule has 0 rings (SSSR count). The van der Waals surface area contributed by atoms with Crippen molar-refractivity contribution >= 4 is 7.92 Å². The van der Waals surface area contributed by atoms with E-state index in [1.165, 1.54) is 19.0 Å². The first kappa shape index (κ1) is 17.3. The van der Waals surface area contributed by atoms with Gasteiger partial charge in [-0.25, -0.2) is 0 Å². The van der Waals surface area contributed by atoms with Gasteiger partial charge in [-0.15, -0.1) is 7.92 Å². The van der Waals surface area contributed by atoms with Crippen LogP contribution in [0.4, 0.5) is 0 Å². The van der Waals surface area contributed by atoms with Crippen molar-refractivity contribution in [3.05, 3.63) is 0 Å². The van der Waals surface area contributed by atoms with Crippen LogP contribution in [-0.4, -0.2) is 59.5 Å². The van der Waals surface area contributed by atoms with Gasteiger partial charge in [-0.2, -0.15) is 0 Å². The Kier molecular flexibility index (Phi) is 14.6. The van der Waals surface area contributed by atoms with Crippen LogP contribution in [-0.2, 0) is 18.9 Å². The molecule has 0 heterocycles.